The van der Waals surface area contributed by atoms with Gasteiger partial charge in [0.15, 0.2) is 11.5 Å². The van der Waals surface area contributed by atoms with E-state index < -0.39 is 0 Å². The topological polar surface area (TPSA) is 30.5 Å². The summed E-state index contributed by atoms with van der Waals surface area (Å²) in [5, 5.41) is 6.69. The van der Waals surface area contributed by atoms with Crippen LogP contribution in [0.15, 0.2) is 53.9 Å². The maximum atomic E-state index is 6.42. The number of ether oxygens (including phenoxy) is 2. The smallest absolute Gasteiger partial charge is 0.180 e. The molecule has 3 nitrogen and oxygen atoms in total. The third kappa shape index (κ3) is 4.92. The van der Waals surface area contributed by atoms with Crippen LogP contribution in [0.1, 0.15) is 16.0 Å². The van der Waals surface area contributed by atoms with Crippen molar-refractivity contribution in [2.75, 3.05) is 7.11 Å². The first-order valence-electron chi connectivity index (χ1n) is 8.13. The molecule has 136 valence electrons. The molecule has 3 aromatic rings. The van der Waals surface area contributed by atoms with E-state index in [0.29, 0.717) is 36.2 Å². The SMILES string of the molecule is COc1cc(CNCc2ccccc2Cl)cc(Cl)c1OCc1cccs1. The molecule has 0 bridgehead atoms. The number of halogens is 2. The molecule has 0 aliphatic carbocycles. The molecule has 0 aliphatic heterocycles. The largest absolute Gasteiger partial charge is 0.493 e. The van der Waals surface area contributed by atoms with Crippen molar-refractivity contribution in [3.05, 3.63) is 80.0 Å². The van der Waals surface area contributed by atoms with Gasteiger partial charge in [-0.05, 0) is 40.8 Å². The van der Waals surface area contributed by atoms with E-state index in [1.54, 1.807) is 18.4 Å². The Hall–Kier alpha value is -1.72. The molecule has 6 heteroatoms. The molecule has 2 aromatic carbocycles. The maximum Gasteiger partial charge on any atom is 0.180 e. The van der Waals surface area contributed by atoms with E-state index >= 15 is 0 Å². The highest BCUT2D eigenvalue weighted by Gasteiger charge is 2.13. The Labute approximate surface area is 167 Å². The fourth-order valence-corrected chi connectivity index (χ4v) is 3.64. The van der Waals surface area contributed by atoms with E-state index in [1.807, 2.05) is 53.9 Å². The van der Waals surface area contributed by atoms with Gasteiger partial charge in [-0.25, -0.2) is 0 Å². The number of rotatable bonds is 8. The minimum absolute atomic E-state index is 0.470. The van der Waals surface area contributed by atoms with E-state index in [-0.39, 0.29) is 0 Å². The van der Waals surface area contributed by atoms with Gasteiger partial charge in [0.2, 0.25) is 0 Å². The van der Waals surface area contributed by atoms with Crippen molar-refractivity contribution in [1.82, 2.24) is 5.32 Å². The number of nitrogens with one attached hydrogen (secondary N) is 1. The van der Waals surface area contributed by atoms with Crippen molar-refractivity contribution < 1.29 is 9.47 Å². The lowest BCUT2D eigenvalue weighted by atomic mass is 10.2. The van der Waals surface area contributed by atoms with Crippen LogP contribution in [0.25, 0.3) is 0 Å². The lowest BCUT2D eigenvalue weighted by Gasteiger charge is -2.14. The summed E-state index contributed by atoms with van der Waals surface area (Å²) in [7, 11) is 1.62. The van der Waals surface area contributed by atoms with Crippen LogP contribution in [0, 0.1) is 0 Å². The van der Waals surface area contributed by atoms with Gasteiger partial charge < -0.3 is 14.8 Å². The van der Waals surface area contributed by atoms with Gasteiger partial charge in [0.25, 0.3) is 0 Å². The molecule has 0 saturated carbocycles. The molecule has 0 spiro atoms. The van der Waals surface area contributed by atoms with Crippen LogP contribution in [-0.4, -0.2) is 7.11 Å². The zero-order chi connectivity index (χ0) is 18.4. The van der Waals surface area contributed by atoms with Gasteiger partial charge in [-0.15, -0.1) is 11.3 Å². The normalized spacial score (nSPS) is 10.7. The van der Waals surface area contributed by atoms with Crippen molar-refractivity contribution >= 4 is 34.5 Å². The van der Waals surface area contributed by atoms with E-state index in [0.717, 1.165) is 21.0 Å². The highest BCUT2D eigenvalue weighted by atomic mass is 35.5. The second kappa shape index (κ2) is 9.28. The van der Waals surface area contributed by atoms with Crippen molar-refractivity contribution in [3.8, 4) is 11.5 Å². The van der Waals surface area contributed by atoms with E-state index in [4.69, 9.17) is 32.7 Å². The molecule has 0 radical (unpaired) electrons. The van der Waals surface area contributed by atoms with Crippen molar-refractivity contribution in [1.29, 1.82) is 0 Å². The second-order valence-electron chi connectivity index (χ2n) is 5.67. The molecule has 0 unspecified atom stereocenters. The fourth-order valence-electron chi connectivity index (χ4n) is 2.54. The first kappa shape index (κ1) is 19.1. The summed E-state index contributed by atoms with van der Waals surface area (Å²) in [6, 6.07) is 15.6. The van der Waals surface area contributed by atoms with Crippen molar-refractivity contribution in [3.63, 3.8) is 0 Å². The maximum absolute atomic E-state index is 6.42. The number of thiophene rings is 1. The lowest BCUT2D eigenvalue weighted by molar-refractivity contribution is 0.287. The average Bonchev–Trinajstić information content (AvgIpc) is 3.15. The second-order valence-corrected chi connectivity index (χ2v) is 7.52. The first-order chi connectivity index (χ1) is 12.7. The minimum Gasteiger partial charge on any atom is -0.493 e. The number of hydrogen-bond donors (Lipinski definition) is 1. The molecule has 26 heavy (non-hydrogen) atoms. The van der Waals surface area contributed by atoms with E-state index in [1.165, 1.54) is 0 Å². The summed E-state index contributed by atoms with van der Waals surface area (Å²) in [6.45, 7) is 1.79. The zero-order valence-corrected chi connectivity index (χ0v) is 16.6. The quantitative estimate of drug-likeness (QED) is 0.501. The molecule has 1 heterocycles. The van der Waals surface area contributed by atoms with Gasteiger partial charge in [0.1, 0.15) is 6.61 Å². The molecule has 3 rings (SSSR count). The lowest BCUT2D eigenvalue weighted by Crippen LogP contribution is -2.13. The molecule has 0 amide bonds. The monoisotopic (exact) mass is 407 g/mol. The van der Waals surface area contributed by atoms with Crippen LogP contribution in [-0.2, 0) is 19.7 Å². The third-order valence-electron chi connectivity index (χ3n) is 3.83. The Balaban J connectivity index is 1.65. The van der Waals surface area contributed by atoms with Crippen LogP contribution >= 0.6 is 34.5 Å². The summed E-state index contributed by atoms with van der Waals surface area (Å²) in [6.07, 6.45) is 0. The predicted octanol–water partition coefficient (Wildman–Crippen LogP) is 5.93. The van der Waals surface area contributed by atoms with Crippen LogP contribution in [0.3, 0.4) is 0 Å². The summed E-state index contributed by atoms with van der Waals surface area (Å²) in [5.74, 6) is 1.20. The fraction of sp³-hybridized carbons (Fsp3) is 0.200. The molecule has 1 aromatic heterocycles. The Bertz CT molecular complexity index is 853. The Morgan fingerprint density at radius 1 is 1.00 bits per heavy atom. The molecule has 0 saturated heterocycles. The molecule has 0 atom stereocenters. The van der Waals surface area contributed by atoms with Crippen LogP contribution in [0.5, 0.6) is 11.5 Å². The number of methoxy groups -OCH3 is 1. The van der Waals surface area contributed by atoms with Gasteiger partial charge >= 0.3 is 0 Å². The molecular formula is C20H19Cl2NO2S. The van der Waals surface area contributed by atoms with Crippen molar-refractivity contribution in [2.24, 2.45) is 0 Å². The Morgan fingerprint density at radius 2 is 1.85 bits per heavy atom. The van der Waals surface area contributed by atoms with Crippen LogP contribution in [0.4, 0.5) is 0 Å². The van der Waals surface area contributed by atoms with Crippen LogP contribution in [0.2, 0.25) is 10.0 Å². The molecular weight excluding hydrogens is 389 g/mol. The average molecular weight is 408 g/mol. The van der Waals surface area contributed by atoms with Gasteiger partial charge in [-0.2, -0.15) is 0 Å². The number of benzene rings is 2. The number of hydrogen-bond acceptors (Lipinski definition) is 4. The molecule has 1 N–H and O–H groups in total. The Morgan fingerprint density at radius 3 is 2.58 bits per heavy atom. The standard InChI is InChI=1S/C20H19Cl2NO2S/c1-24-19-10-14(11-23-12-15-5-2-3-7-17(15)21)9-18(22)20(19)25-13-16-6-4-8-26-16/h2-10,23H,11-13H2,1H3. The predicted molar refractivity (Wildman–Crippen MR) is 109 cm³/mol. The van der Waals surface area contributed by atoms with Gasteiger partial charge in [0, 0.05) is 23.0 Å². The summed E-state index contributed by atoms with van der Waals surface area (Å²) in [4.78, 5) is 1.13. The van der Waals surface area contributed by atoms with E-state index in [9.17, 15) is 0 Å². The molecule has 0 fully saturated rings. The van der Waals surface area contributed by atoms with Gasteiger partial charge in [-0.3, -0.25) is 0 Å². The first-order valence-corrected chi connectivity index (χ1v) is 9.76. The zero-order valence-electron chi connectivity index (χ0n) is 14.3. The van der Waals surface area contributed by atoms with E-state index in [2.05, 4.69) is 5.32 Å². The van der Waals surface area contributed by atoms with Crippen LogP contribution < -0.4 is 14.8 Å². The minimum atomic E-state index is 0.470. The van der Waals surface area contributed by atoms with Gasteiger partial charge in [-0.1, -0.05) is 47.5 Å². The third-order valence-corrected chi connectivity index (χ3v) is 5.33. The molecule has 0 aliphatic rings. The Kier molecular flexibility index (Phi) is 6.80. The summed E-state index contributed by atoms with van der Waals surface area (Å²) in [5.41, 5.74) is 2.07. The highest BCUT2D eigenvalue weighted by molar-refractivity contribution is 7.09. The van der Waals surface area contributed by atoms with Crippen molar-refractivity contribution in [2.45, 2.75) is 19.7 Å². The summed E-state index contributed by atoms with van der Waals surface area (Å²) < 4.78 is 11.3. The van der Waals surface area contributed by atoms with Gasteiger partial charge in [0.05, 0.1) is 12.1 Å². The summed E-state index contributed by atoms with van der Waals surface area (Å²) >= 11 is 14.2. The highest BCUT2D eigenvalue weighted by Crippen LogP contribution is 2.37.